The Balaban J connectivity index is 1.42. The van der Waals surface area contributed by atoms with Gasteiger partial charge in [-0.1, -0.05) is 5.16 Å². The predicted octanol–water partition coefficient (Wildman–Crippen LogP) is 2.25. The number of carbonyl (C=O) groups excluding carboxylic acids is 1. The summed E-state index contributed by atoms with van der Waals surface area (Å²) in [5.41, 5.74) is 1.59. The molecule has 2 aliphatic rings. The fourth-order valence-corrected chi connectivity index (χ4v) is 3.57. The minimum Gasteiger partial charge on any atom is -0.361 e. The fourth-order valence-electron chi connectivity index (χ4n) is 3.57. The van der Waals surface area contributed by atoms with Crippen molar-refractivity contribution in [3.8, 4) is 0 Å². The highest BCUT2D eigenvalue weighted by molar-refractivity contribution is 5.92. The van der Waals surface area contributed by atoms with Crippen molar-refractivity contribution in [1.82, 2.24) is 19.6 Å². The molecule has 2 fully saturated rings. The maximum absolute atomic E-state index is 12.5. The zero-order valence-electron chi connectivity index (χ0n) is 13.1. The van der Waals surface area contributed by atoms with Gasteiger partial charge in [-0.2, -0.15) is 0 Å². The van der Waals surface area contributed by atoms with Crippen LogP contribution in [-0.4, -0.2) is 38.6 Å². The van der Waals surface area contributed by atoms with E-state index in [9.17, 15) is 4.79 Å². The van der Waals surface area contributed by atoms with E-state index in [0.717, 1.165) is 24.5 Å². The summed E-state index contributed by atoms with van der Waals surface area (Å²) in [6.45, 7) is 7.66. The second kappa shape index (κ2) is 4.69. The van der Waals surface area contributed by atoms with E-state index in [1.54, 1.807) is 6.33 Å². The topological polar surface area (TPSA) is 64.2 Å². The van der Waals surface area contributed by atoms with Gasteiger partial charge >= 0.3 is 0 Å². The highest BCUT2D eigenvalue weighted by atomic mass is 16.5. The van der Waals surface area contributed by atoms with E-state index in [4.69, 9.17) is 4.52 Å². The number of piperidine rings is 1. The van der Waals surface area contributed by atoms with Gasteiger partial charge in [-0.25, -0.2) is 4.98 Å². The van der Waals surface area contributed by atoms with Crippen molar-refractivity contribution in [1.29, 1.82) is 0 Å². The molecule has 2 atom stereocenters. The minimum atomic E-state index is 0.0432. The fraction of sp³-hybridized carbons (Fsp3) is 0.562. The zero-order chi connectivity index (χ0) is 15.4. The highest BCUT2D eigenvalue weighted by Gasteiger charge is 2.58. The van der Waals surface area contributed by atoms with Crippen LogP contribution in [-0.2, 0) is 0 Å². The number of hydrogen-bond donors (Lipinski definition) is 0. The summed E-state index contributed by atoms with van der Waals surface area (Å²) in [6.07, 6.45) is 3.57. The van der Waals surface area contributed by atoms with Crippen LogP contribution in [0.1, 0.15) is 47.7 Å². The van der Waals surface area contributed by atoms with Crippen molar-refractivity contribution in [3.05, 3.63) is 35.7 Å². The van der Waals surface area contributed by atoms with Crippen LogP contribution in [0.2, 0.25) is 0 Å². The molecule has 1 amide bonds. The molecular formula is C16H20N4O2. The minimum absolute atomic E-state index is 0.0432. The Morgan fingerprint density at radius 2 is 2.09 bits per heavy atom. The largest absolute Gasteiger partial charge is 0.361 e. The first-order valence-corrected chi connectivity index (χ1v) is 7.80. The lowest BCUT2D eigenvalue weighted by Crippen LogP contribution is -2.31. The second-order valence-electron chi connectivity index (χ2n) is 6.73. The first kappa shape index (κ1) is 13.5. The number of likely N-dealkylation sites (tertiary alicyclic amines) is 1. The Kier molecular flexibility index (Phi) is 2.89. The molecule has 0 N–H and O–H groups in total. The van der Waals surface area contributed by atoms with Gasteiger partial charge in [-0.3, -0.25) is 4.79 Å². The van der Waals surface area contributed by atoms with Crippen molar-refractivity contribution in [3.63, 3.8) is 0 Å². The second-order valence-corrected chi connectivity index (χ2v) is 6.73. The quantitative estimate of drug-likeness (QED) is 0.872. The van der Waals surface area contributed by atoms with Crippen LogP contribution in [0.4, 0.5) is 0 Å². The summed E-state index contributed by atoms with van der Waals surface area (Å²) in [5, 5.41) is 4.12. The Hall–Kier alpha value is -2.11. The molecule has 0 aromatic carbocycles. The van der Waals surface area contributed by atoms with Crippen LogP contribution in [0.3, 0.4) is 0 Å². The van der Waals surface area contributed by atoms with Gasteiger partial charge in [0.1, 0.15) is 11.5 Å². The molecule has 0 radical (unpaired) electrons. The van der Waals surface area contributed by atoms with Crippen molar-refractivity contribution >= 4 is 5.91 Å². The molecule has 4 rings (SSSR count). The third kappa shape index (κ3) is 2.05. The Morgan fingerprint density at radius 1 is 1.36 bits per heavy atom. The third-order valence-electron chi connectivity index (χ3n) is 4.89. The predicted molar refractivity (Wildman–Crippen MR) is 79.5 cm³/mol. The van der Waals surface area contributed by atoms with Gasteiger partial charge in [0.25, 0.3) is 5.91 Å². The number of aromatic nitrogens is 3. The summed E-state index contributed by atoms with van der Waals surface area (Å²) in [5.74, 6) is 2.42. The summed E-state index contributed by atoms with van der Waals surface area (Å²) >= 11 is 0. The number of carbonyl (C=O) groups is 1. The number of aryl methyl sites for hydroxylation is 1. The summed E-state index contributed by atoms with van der Waals surface area (Å²) in [7, 11) is 0. The molecular weight excluding hydrogens is 280 g/mol. The number of imidazole rings is 1. The monoisotopic (exact) mass is 300 g/mol. The average molecular weight is 300 g/mol. The van der Waals surface area contributed by atoms with Crippen molar-refractivity contribution in [2.75, 3.05) is 13.1 Å². The van der Waals surface area contributed by atoms with E-state index in [1.807, 2.05) is 28.7 Å². The smallest absolute Gasteiger partial charge is 0.274 e. The summed E-state index contributed by atoms with van der Waals surface area (Å²) in [6, 6.07) is 2.33. The normalized spacial score (nSPS) is 26.5. The van der Waals surface area contributed by atoms with E-state index in [0.29, 0.717) is 29.5 Å². The summed E-state index contributed by atoms with van der Waals surface area (Å²) < 4.78 is 7.12. The molecule has 2 unspecified atom stereocenters. The molecule has 1 saturated carbocycles. The molecule has 116 valence electrons. The van der Waals surface area contributed by atoms with E-state index >= 15 is 0 Å². The van der Waals surface area contributed by atoms with Crippen molar-refractivity contribution < 1.29 is 9.32 Å². The van der Waals surface area contributed by atoms with Gasteiger partial charge in [-0.05, 0) is 32.6 Å². The van der Waals surface area contributed by atoms with E-state index in [-0.39, 0.29) is 5.91 Å². The van der Waals surface area contributed by atoms with Gasteiger partial charge in [0.05, 0.1) is 12.0 Å². The average Bonchev–Trinajstić information content (AvgIpc) is 2.97. The van der Waals surface area contributed by atoms with Crippen LogP contribution in [0, 0.1) is 18.8 Å². The number of hydrogen-bond acceptors (Lipinski definition) is 4. The summed E-state index contributed by atoms with van der Waals surface area (Å²) in [4.78, 5) is 18.7. The first-order valence-electron chi connectivity index (χ1n) is 7.80. The SMILES string of the molecule is Cc1cc(C2C3CN(C(=O)c4cn(C(C)C)cn4)CC32)no1. The maximum Gasteiger partial charge on any atom is 0.274 e. The van der Waals surface area contributed by atoms with E-state index in [2.05, 4.69) is 24.0 Å². The third-order valence-corrected chi connectivity index (χ3v) is 4.89. The Bertz CT molecular complexity index is 705. The lowest BCUT2D eigenvalue weighted by atomic mass is 10.2. The molecule has 1 aliphatic heterocycles. The van der Waals surface area contributed by atoms with Crippen LogP contribution in [0.5, 0.6) is 0 Å². The van der Waals surface area contributed by atoms with E-state index < -0.39 is 0 Å². The Morgan fingerprint density at radius 3 is 2.64 bits per heavy atom. The number of rotatable bonds is 3. The Labute approximate surface area is 129 Å². The molecule has 1 saturated heterocycles. The van der Waals surface area contributed by atoms with Crippen LogP contribution >= 0.6 is 0 Å². The molecule has 2 aromatic heterocycles. The lowest BCUT2D eigenvalue weighted by molar-refractivity contribution is 0.0767. The van der Waals surface area contributed by atoms with Gasteiger partial charge in [0, 0.05) is 37.3 Å². The molecule has 0 bridgehead atoms. The number of amides is 1. The van der Waals surface area contributed by atoms with Crippen LogP contribution in [0.15, 0.2) is 23.1 Å². The van der Waals surface area contributed by atoms with Crippen LogP contribution in [0.25, 0.3) is 0 Å². The highest BCUT2D eigenvalue weighted by Crippen LogP contribution is 2.57. The molecule has 2 aromatic rings. The van der Waals surface area contributed by atoms with Crippen molar-refractivity contribution in [2.45, 2.75) is 32.7 Å². The first-order chi connectivity index (χ1) is 10.5. The van der Waals surface area contributed by atoms with Gasteiger partial charge < -0.3 is 14.0 Å². The number of nitrogens with zero attached hydrogens (tertiary/aromatic N) is 4. The van der Waals surface area contributed by atoms with Crippen molar-refractivity contribution in [2.24, 2.45) is 11.8 Å². The van der Waals surface area contributed by atoms with Gasteiger partial charge in [0.15, 0.2) is 0 Å². The lowest BCUT2D eigenvalue weighted by Gasteiger charge is -2.18. The molecule has 6 heteroatoms. The van der Waals surface area contributed by atoms with E-state index in [1.165, 1.54) is 0 Å². The molecule has 0 spiro atoms. The number of fused-ring (bicyclic) bond motifs is 1. The molecule has 6 nitrogen and oxygen atoms in total. The van der Waals surface area contributed by atoms with Gasteiger partial charge in [-0.15, -0.1) is 0 Å². The van der Waals surface area contributed by atoms with Crippen LogP contribution < -0.4 is 0 Å². The van der Waals surface area contributed by atoms with Gasteiger partial charge in [0.2, 0.25) is 0 Å². The molecule has 22 heavy (non-hydrogen) atoms. The molecule has 3 heterocycles. The zero-order valence-corrected chi connectivity index (χ0v) is 13.1. The molecule has 1 aliphatic carbocycles. The maximum atomic E-state index is 12.5. The standard InChI is InChI=1S/C16H20N4O2/c1-9(2)20-7-14(17-8-20)16(21)19-5-11-12(6-19)15(11)13-4-10(3)22-18-13/h4,7-9,11-12,15H,5-6H2,1-3H3.